The van der Waals surface area contributed by atoms with E-state index in [0.717, 1.165) is 25.2 Å². The van der Waals surface area contributed by atoms with Crippen molar-refractivity contribution in [1.29, 1.82) is 0 Å². The van der Waals surface area contributed by atoms with Crippen molar-refractivity contribution in [1.82, 2.24) is 0 Å². The molecule has 0 aliphatic heterocycles. The van der Waals surface area contributed by atoms with Crippen LogP contribution in [0, 0.1) is 46.3 Å². The first kappa shape index (κ1) is 25.2. The third-order valence-electron chi connectivity index (χ3n) is 9.95. The van der Waals surface area contributed by atoms with Crippen LogP contribution in [0.3, 0.4) is 0 Å². The summed E-state index contributed by atoms with van der Waals surface area (Å²) in [4.78, 5) is 13.9. The summed E-state index contributed by atoms with van der Waals surface area (Å²) in [6.07, 6.45) is 8.15. The molecule has 0 aromatic rings. The Kier molecular flexibility index (Phi) is 7.97. The Balaban J connectivity index is 1.80. The van der Waals surface area contributed by atoms with Crippen molar-refractivity contribution >= 4 is 5.78 Å². The molecule has 3 fully saturated rings. The number of aliphatic hydroxyl groups excluding tert-OH is 3. The van der Waals surface area contributed by atoms with Crippen LogP contribution in [0.2, 0.25) is 0 Å². The number of carbonyl (C=O) groups excluding carboxylic acids is 1. The Bertz CT molecular complexity index is 618. The van der Waals surface area contributed by atoms with Crippen LogP contribution < -0.4 is 0 Å². The second-order valence-electron chi connectivity index (χ2n) is 12.3. The minimum atomic E-state index is -0.511. The second-order valence-corrected chi connectivity index (χ2v) is 12.3. The molecule has 180 valence electrons. The number of fused-ring (bicyclic) bond motifs is 1. The number of Topliss-reactive ketones (excluding diaryl/α,β-unsaturated/α-hetero) is 1. The molecule has 0 aromatic carbocycles. The summed E-state index contributed by atoms with van der Waals surface area (Å²) in [5, 5.41) is 31.2. The molecule has 4 heteroatoms. The van der Waals surface area contributed by atoms with E-state index < -0.39 is 11.5 Å². The van der Waals surface area contributed by atoms with Gasteiger partial charge < -0.3 is 15.3 Å². The van der Waals surface area contributed by atoms with Crippen molar-refractivity contribution in [2.24, 2.45) is 46.3 Å². The van der Waals surface area contributed by atoms with Crippen LogP contribution >= 0.6 is 0 Å². The average Bonchev–Trinajstić information content (AvgIpc) is 3.03. The van der Waals surface area contributed by atoms with Gasteiger partial charge in [0.1, 0.15) is 5.78 Å². The fourth-order valence-corrected chi connectivity index (χ4v) is 8.06. The summed E-state index contributed by atoms with van der Waals surface area (Å²) in [6.45, 7) is 11.5. The highest BCUT2D eigenvalue weighted by Crippen LogP contribution is 2.60. The Morgan fingerprint density at radius 1 is 1.00 bits per heavy atom. The molecule has 0 spiro atoms. The number of ketones is 1. The van der Waals surface area contributed by atoms with E-state index in [2.05, 4.69) is 27.7 Å². The van der Waals surface area contributed by atoms with Gasteiger partial charge in [-0.1, -0.05) is 53.9 Å². The molecule has 3 saturated carbocycles. The maximum atomic E-state index is 13.9. The lowest BCUT2D eigenvalue weighted by atomic mass is 9.51. The molecule has 3 rings (SSSR count). The first-order valence-corrected chi connectivity index (χ1v) is 13.1. The molecule has 0 radical (unpaired) electrons. The van der Waals surface area contributed by atoms with Gasteiger partial charge in [0.2, 0.25) is 0 Å². The Morgan fingerprint density at radius 3 is 2.35 bits per heavy atom. The standard InChI is InChI=1S/C27H48O4/c1-17(2)7-6-8-18(3)21-9-10-22(26(21,4)13-14-28)20-16-24(30)23-15-19(29)11-12-27(23,5)25(20)31/h17-24,28-30H,6-16H2,1-5H3/t18-,19+,20+,21-,22+,23?,24+,26-,27+/m1/s1. The molecule has 0 amide bonds. The lowest BCUT2D eigenvalue weighted by Gasteiger charge is -2.53. The van der Waals surface area contributed by atoms with Gasteiger partial charge in [0, 0.05) is 17.9 Å². The van der Waals surface area contributed by atoms with E-state index in [1.165, 1.54) is 19.3 Å². The first-order chi connectivity index (χ1) is 14.5. The Hall–Kier alpha value is -0.450. The minimum Gasteiger partial charge on any atom is -0.396 e. The van der Waals surface area contributed by atoms with Gasteiger partial charge in [0.15, 0.2) is 0 Å². The second kappa shape index (κ2) is 9.81. The number of aliphatic hydroxyl groups is 3. The highest BCUT2D eigenvalue weighted by molar-refractivity contribution is 5.88. The van der Waals surface area contributed by atoms with Crippen LogP contribution in [-0.4, -0.2) is 39.9 Å². The number of hydrogen-bond donors (Lipinski definition) is 3. The van der Waals surface area contributed by atoms with Crippen molar-refractivity contribution in [2.45, 2.75) is 111 Å². The van der Waals surface area contributed by atoms with Crippen LogP contribution in [0.15, 0.2) is 0 Å². The van der Waals surface area contributed by atoms with Crippen molar-refractivity contribution in [3.8, 4) is 0 Å². The van der Waals surface area contributed by atoms with E-state index in [1.54, 1.807) is 0 Å². The van der Waals surface area contributed by atoms with Crippen LogP contribution in [0.5, 0.6) is 0 Å². The van der Waals surface area contributed by atoms with E-state index in [-0.39, 0.29) is 35.9 Å². The lowest BCUT2D eigenvalue weighted by molar-refractivity contribution is -0.162. The first-order valence-electron chi connectivity index (χ1n) is 13.1. The number of rotatable bonds is 8. The van der Waals surface area contributed by atoms with Gasteiger partial charge in [-0.05, 0) is 80.0 Å². The molecule has 9 atom stereocenters. The van der Waals surface area contributed by atoms with E-state index in [0.29, 0.717) is 43.3 Å². The highest BCUT2D eigenvalue weighted by atomic mass is 16.3. The van der Waals surface area contributed by atoms with E-state index >= 15 is 0 Å². The van der Waals surface area contributed by atoms with Crippen LogP contribution in [-0.2, 0) is 4.79 Å². The smallest absolute Gasteiger partial charge is 0.142 e. The Labute approximate surface area is 190 Å². The minimum absolute atomic E-state index is 0.0522. The molecule has 0 bridgehead atoms. The molecule has 0 saturated heterocycles. The summed E-state index contributed by atoms with van der Waals surface area (Å²) in [7, 11) is 0. The van der Waals surface area contributed by atoms with Gasteiger partial charge in [-0.15, -0.1) is 0 Å². The summed E-state index contributed by atoms with van der Waals surface area (Å²) < 4.78 is 0. The summed E-state index contributed by atoms with van der Waals surface area (Å²) >= 11 is 0. The monoisotopic (exact) mass is 436 g/mol. The van der Waals surface area contributed by atoms with Crippen molar-refractivity contribution < 1.29 is 20.1 Å². The number of hydrogen-bond acceptors (Lipinski definition) is 4. The summed E-state index contributed by atoms with van der Waals surface area (Å²) in [5.74, 6) is 2.20. The molecule has 3 N–H and O–H groups in total. The zero-order valence-corrected chi connectivity index (χ0v) is 20.6. The lowest BCUT2D eigenvalue weighted by Crippen LogP contribution is -2.56. The molecule has 3 aliphatic carbocycles. The predicted octanol–water partition coefficient (Wildman–Crippen LogP) is 4.98. The third-order valence-corrected chi connectivity index (χ3v) is 9.95. The molecule has 1 unspecified atom stereocenters. The average molecular weight is 437 g/mol. The largest absolute Gasteiger partial charge is 0.396 e. The van der Waals surface area contributed by atoms with Crippen LogP contribution in [0.1, 0.15) is 98.8 Å². The van der Waals surface area contributed by atoms with Gasteiger partial charge in [0.25, 0.3) is 0 Å². The quantitative estimate of drug-likeness (QED) is 0.501. The molecular weight excluding hydrogens is 388 g/mol. The zero-order valence-electron chi connectivity index (χ0n) is 20.6. The highest BCUT2D eigenvalue weighted by Gasteiger charge is 2.59. The van der Waals surface area contributed by atoms with Gasteiger partial charge in [-0.3, -0.25) is 4.79 Å². The topological polar surface area (TPSA) is 77.8 Å². The SMILES string of the molecule is CC(C)CCC[C@@H](C)[C@H]1CC[C@@H]([C@@H]2C[C@H](O)C3C[C@@H](O)CC[C@]3(C)C2=O)[C@]1(C)CCO. The van der Waals surface area contributed by atoms with Crippen LogP contribution in [0.25, 0.3) is 0 Å². The van der Waals surface area contributed by atoms with Gasteiger partial charge in [-0.25, -0.2) is 0 Å². The fourth-order valence-electron chi connectivity index (χ4n) is 8.06. The van der Waals surface area contributed by atoms with Gasteiger partial charge in [0.05, 0.1) is 12.2 Å². The normalized spacial score (nSPS) is 44.5. The Morgan fingerprint density at radius 2 is 1.71 bits per heavy atom. The molecule has 31 heavy (non-hydrogen) atoms. The van der Waals surface area contributed by atoms with Crippen molar-refractivity contribution in [3.05, 3.63) is 0 Å². The zero-order chi connectivity index (χ0) is 23.0. The summed E-state index contributed by atoms with van der Waals surface area (Å²) in [6, 6.07) is 0. The van der Waals surface area contributed by atoms with Crippen molar-refractivity contribution in [3.63, 3.8) is 0 Å². The molecular formula is C27H48O4. The number of carbonyl (C=O) groups is 1. The van der Waals surface area contributed by atoms with E-state index in [9.17, 15) is 20.1 Å². The fraction of sp³-hybridized carbons (Fsp3) is 0.963. The molecule has 4 nitrogen and oxygen atoms in total. The van der Waals surface area contributed by atoms with Crippen LogP contribution in [0.4, 0.5) is 0 Å². The maximum Gasteiger partial charge on any atom is 0.142 e. The molecule has 0 aromatic heterocycles. The maximum absolute atomic E-state index is 13.9. The van der Waals surface area contributed by atoms with E-state index in [1.807, 2.05) is 6.92 Å². The molecule has 3 aliphatic rings. The van der Waals surface area contributed by atoms with Crippen molar-refractivity contribution in [2.75, 3.05) is 6.61 Å². The summed E-state index contributed by atoms with van der Waals surface area (Å²) in [5.41, 5.74) is -0.563. The van der Waals surface area contributed by atoms with Gasteiger partial charge in [-0.2, -0.15) is 0 Å². The third kappa shape index (κ3) is 4.77. The predicted molar refractivity (Wildman–Crippen MR) is 124 cm³/mol. The van der Waals surface area contributed by atoms with Gasteiger partial charge >= 0.3 is 0 Å². The molecule has 0 heterocycles. The van der Waals surface area contributed by atoms with E-state index in [4.69, 9.17) is 0 Å².